The molecule has 1 atom stereocenters. The molecular weight excluding hydrogens is 242 g/mol. The Hall–Kier alpha value is -1.26. The molecule has 0 spiro atoms. The smallest absolute Gasteiger partial charge is 0.165 e. The molecule has 1 aromatic carbocycles. The van der Waals surface area contributed by atoms with Crippen LogP contribution in [0.5, 0.6) is 0 Å². The topological polar surface area (TPSA) is 20.2 Å². The van der Waals surface area contributed by atoms with E-state index >= 15 is 0 Å². The Kier molecular flexibility index (Phi) is 3.26. The molecule has 0 radical (unpaired) electrons. The molecule has 17 heavy (non-hydrogen) atoms. The number of aryl methyl sites for hydroxylation is 2. The Morgan fingerprint density at radius 2 is 1.76 bits per heavy atom. The predicted molar refractivity (Wildman–Crippen MR) is 64.2 cm³/mol. The van der Waals surface area contributed by atoms with Gasteiger partial charge in [0, 0.05) is 15.3 Å². The Morgan fingerprint density at radius 3 is 2.35 bits per heavy atom. The molecule has 0 bridgehead atoms. The van der Waals surface area contributed by atoms with Crippen LogP contribution >= 0.6 is 11.3 Å². The third-order valence-corrected chi connectivity index (χ3v) is 3.68. The molecule has 0 amide bonds. The standard InChI is InChI=1S/C13H12F2OS/c1-7-3-5-9(12(15)11(7)14)13(16)10-6-4-8(2)17-10/h3-6,13,16H,1-2H3. The van der Waals surface area contributed by atoms with E-state index in [1.54, 1.807) is 6.07 Å². The summed E-state index contributed by atoms with van der Waals surface area (Å²) in [5, 5.41) is 10.0. The van der Waals surface area contributed by atoms with E-state index in [2.05, 4.69) is 0 Å². The van der Waals surface area contributed by atoms with Crippen LogP contribution in [0.4, 0.5) is 8.78 Å². The highest BCUT2D eigenvalue weighted by atomic mass is 32.1. The molecule has 4 heteroatoms. The maximum Gasteiger partial charge on any atom is 0.165 e. The van der Waals surface area contributed by atoms with Crippen LogP contribution in [0, 0.1) is 25.5 Å². The molecular formula is C13H12F2OS. The van der Waals surface area contributed by atoms with Crippen molar-refractivity contribution in [2.75, 3.05) is 0 Å². The molecule has 90 valence electrons. The molecule has 0 saturated heterocycles. The maximum atomic E-state index is 13.7. The first-order chi connectivity index (χ1) is 8.00. The lowest BCUT2D eigenvalue weighted by atomic mass is 10.0. The van der Waals surface area contributed by atoms with Gasteiger partial charge in [0.25, 0.3) is 0 Å². The van der Waals surface area contributed by atoms with Crippen LogP contribution in [0.3, 0.4) is 0 Å². The molecule has 1 unspecified atom stereocenters. The van der Waals surface area contributed by atoms with Crippen LogP contribution in [-0.2, 0) is 0 Å². The van der Waals surface area contributed by atoms with Crippen molar-refractivity contribution < 1.29 is 13.9 Å². The van der Waals surface area contributed by atoms with Gasteiger partial charge >= 0.3 is 0 Å². The molecule has 1 aromatic heterocycles. The highest BCUT2D eigenvalue weighted by Crippen LogP contribution is 2.30. The van der Waals surface area contributed by atoms with Gasteiger partial charge in [-0.1, -0.05) is 12.1 Å². The van der Waals surface area contributed by atoms with Crippen molar-refractivity contribution in [1.29, 1.82) is 0 Å². The van der Waals surface area contributed by atoms with E-state index < -0.39 is 17.7 Å². The highest BCUT2D eigenvalue weighted by Gasteiger charge is 2.20. The molecule has 0 aliphatic rings. The largest absolute Gasteiger partial charge is 0.383 e. The number of aliphatic hydroxyl groups is 1. The van der Waals surface area contributed by atoms with Crippen molar-refractivity contribution in [3.8, 4) is 0 Å². The van der Waals surface area contributed by atoms with Crippen molar-refractivity contribution in [2.24, 2.45) is 0 Å². The number of rotatable bonds is 2. The number of hydrogen-bond donors (Lipinski definition) is 1. The van der Waals surface area contributed by atoms with Crippen LogP contribution < -0.4 is 0 Å². The summed E-state index contributed by atoms with van der Waals surface area (Å²) in [7, 11) is 0. The van der Waals surface area contributed by atoms with Gasteiger partial charge in [-0.15, -0.1) is 11.3 Å². The van der Waals surface area contributed by atoms with E-state index in [-0.39, 0.29) is 11.1 Å². The third kappa shape index (κ3) is 2.23. The van der Waals surface area contributed by atoms with Crippen molar-refractivity contribution in [1.82, 2.24) is 0 Å². The summed E-state index contributed by atoms with van der Waals surface area (Å²) >= 11 is 1.37. The Labute approximate surface area is 102 Å². The number of benzene rings is 1. The quantitative estimate of drug-likeness (QED) is 0.866. The minimum atomic E-state index is -1.11. The van der Waals surface area contributed by atoms with Gasteiger partial charge in [-0.2, -0.15) is 0 Å². The molecule has 0 saturated carbocycles. The van der Waals surface area contributed by atoms with Gasteiger partial charge in [-0.25, -0.2) is 8.78 Å². The predicted octanol–water partition coefficient (Wildman–Crippen LogP) is 3.72. The van der Waals surface area contributed by atoms with E-state index in [1.807, 2.05) is 13.0 Å². The minimum Gasteiger partial charge on any atom is -0.383 e. The minimum absolute atomic E-state index is 0.0186. The summed E-state index contributed by atoms with van der Waals surface area (Å²) in [5.41, 5.74) is 0.218. The van der Waals surface area contributed by atoms with Crippen LogP contribution in [0.15, 0.2) is 24.3 Å². The highest BCUT2D eigenvalue weighted by molar-refractivity contribution is 7.12. The maximum absolute atomic E-state index is 13.7. The fourth-order valence-corrected chi connectivity index (χ4v) is 2.51. The number of aliphatic hydroxyl groups excluding tert-OH is 1. The zero-order valence-electron chi connectivity index (χ0n) is 9.50. The van der Waals surface area contributed by atoms with Crippen LogP contribution in [0.1, 0.15) is 27.0 Å². The van der Waals surface area contributed by atoms with E-state index in [1.165, 1.54) is 30.4 Å². The van der Waals surface area contributed by atoms with Gasteiger partial charge in [0.15, 0.2) is 11.6 Å². The van der Waals surface area contributed by atoms with E-state index in [9.17, 15) is 13.9 Å². The molecule has 1 heterocycles. The van der Waals surface area contributed by atoms with Gasteiger partial charge in [0.05, 0.1) is 0 Å². The molecule has 0 fully saturated rings. The first-order valence-corrected chi connectivity index (χ1v) is 6.01. The van der Waals surface area contributed by atoms with Crippen molar-refractivity contribution in [3.05, 3.63) is 56.8 Å². The molecule has 2 aromatic rings. The number of thiophene rings is 1. The molecule has 2 rings (SSSR count). The molecule has 0 aliphatic heterocycles. The number of hydrogen-bond acceptors (Lipinski definition) is 2. The summed E-state index contributed by atoms with van der Waals surface area (Å²) in [5.74, 6) is -1.86. The summed E-state index contributed by atoms with van der Waals surface area (Å²) in [6, 6.07) is 6.46. The second-order valence-electron chi connectivity index (χ2n) is 3.95. The van der Waals surface area contributed by atoms with Crippen molar-refractivity contribution in [2.45, 2.75) is 20.0 Å². The summed E-state index contributed by atoms with van der Waals surface area (Å²) in [4.78, 5) is 1.64. The first kappa shape index (κ1) is 12.2. The fourth-order valence-electron chi connectivity index (χ4n) is 1.63. The fraction of sp³-hybridized carbons (Fsp3) is 0.231. The van der Waals surface area contributed by atoms with Gasteiger partial charge in [-0.05, 0) is 31.5 Å². The van der Waals surface area contributed by atoms with Gasteiger partial charge in [0.1, 0.15) is 6.10 Å². The number of halogens is 2. The lowest BCUT2D eigenvalue weighted by molar-refractivity contribution is 0.217. The summed E-state index contributed by atoms with van der Waals surface area (Å²) in [6.45, 7) is 3.39. The van der Waals surface area contributed by atoms with Crippen LogP contribution in [-0.4, -0.2) is 5.11 Å². The monoisotopic (exact) mass is 254 g/mol. The first-order valence-electron chi connectivity index (χ1n) is 5.19. The van der Waals surface area contributed by atoms with Crippen molar-refractivity contribution >= 4 is 11.3 Å². The Bertz CT molecular complexity index is 548. The summed E-state index contributed by atoms with van der Waals surface area (Å²) < 4.78 is 27.1. The molecule has 1 nitrogen and oxygen atoms in total. The van der Waals surface area contributed by atoms with Gasteiger partial charge in [-0.3, -0.25) is 0 Å². The van der Waals surface area contributed by atoms with E-state index in [0.717, 1.165) is 4.88 Å². The third-order valence-electron chi connectivity index (χ3n) is 2.63. The van der Waals surface area contributed by atoms with Gasteiger partial charge < -0.3 is 5.11 Å². The van der Waals surface area contributed by atoms with Gasteiger partial charge in [0.2, 0.25) is 0 Å². The van der Waals surface area contributed by atoms with Crippen LogP contribution in [0.25, 0.3) is 0 Å². The average Bonchev–Trinajstić information content (AvgIpc) is 2.72. The SMILES string of the molecule is Cc1ccc(C(O)c2ccc(C)c(F)c2F)s1. The zero-order chi connectivity index (χ0) is 12.6. The Balaban J connectivity index is 2.44. The zero-order valence-corrected chi connectivity index (χ0v) is 10.3. The van der Waals surface area contributed by atoms with E-state index in [0.29, 0.717) is 4.88 Å². The molecule has 1 N–H and O–H groups in total. The second-order valence-corrected chi connectivity index (χ2v) is 5.27. The lowest BCUT2D eigenvalue weighted by Gasteiger charge is -2.11. The normalized spacial score (nSPS) is 12.8. The van der Waals surface area contributed by atoms with E-state index in [4.69, 9.17) is 0 Å². The Morgan fingerprint density at radius 1 is 1.06 bits per heavy atom. The summed E-state index contributed by atoms with van der Waals surface area (Å²) in [6.07, 6.45) is -1.11. The molecule has 0 aliphatic carbocycles. The average molecular weight is 254 g/mol. The van der Waals surface area contributed by atoms with Crippen molar-refractivity contribution in [3.63, 3.8) is 0 Å². The van der Waals surface area contributed by atoms with Crippen LogP contribution in [0.2, 0.25) is 0 Å². The lowest BCUT2D eigenvalue weighted by Crippen LogP contribution is -2.03. The second kappa shape index (κ2) is 4.55.